The van der Waals surface area contributed by atoms with E-state index < -0.39 is 44.3 Å². The van der Waals surface area contributed by atoms with Gasteiger partial charge >= 0.3 is 0 Å². The largest absolute Gasteiger partial charge is 0.484 e. The van der Waals surface area contributed by atoms with Crippen molar-refractivity contribution in [3.8, 4) is 5.75 Å². The van der Waals surface area contributed by atoms with Crippen molar-refractivity contribution >= 4 is 44.3 Å². The van der Waals surface area contributed by atoms with Crippen LogP contribution in [-0.4, -0.2) is 65.6 Å². The fraction of sp³-hybridized carbons (Fsp3) is 0.531. The van der Waals surface area contributed by atoms with Crippen LogP contribution in [0.1, 0.15) is 57.2 Å². The molecular weight excluding hydrogens is 588 g/mol. The van der Waals surface area contributed by atoms with Gasteiger partial charge in [0.2, 0.25) is 15.9 Å². The van der Waals surface area contributed by atoms with Crippen LogP contribution in [0.3, 0.4) is 0 Å². The highest BCUT2D eigenvalue weighted by Crippen LogP contribution is 2.49. The van der Waals surface area contributed by atoms with E-state index in [9.17, 15) is 18.0 Å². The van der Waals surface area contributed by atoms with E-state index in [1.54, 1.807) is 13.0 Å². The standard InChI is InChI=1S/C32H39ClN4O5S/c1-5-21-9-7-6-8-14-37-18-32(13-12-23-24-15-22(33)10-11-25(24)34-20(3)28(23)42-32)17-26(37)29(38)35-27(21)30(39)36-43(40,41)31(4)16-19(31)2/h5,7,9-11,15,19,21,26-27H,1,6,8,12-14,16-18H2,2-4H3,(H,35,38)(H,36,39)/b9-7-/t19-,21+,26+,27?,31?,32-/m1/s1. The first-order valence-electron chi connectivity index (χ1n) is 15.0. The molecule has 1 aromatic carbocycles. The number of hydrogen-bond donors (Lipinski definition) is 2. The van der Waals surface area contributed by atoms with Crippen molar-refractivity contribution in [1.29, 1.82) is 0 Å². The Hall–Kier alpha value is -2.95. The van der Waals surface area contributed by atoms with Gasteiger partial charge in [-0.25, -0.2) is 13.4 Å². The van der Waals surface area contributed by atoms with Crippen LogP contribution in [0.15, 0.2) is 43.0 Å². The monoisotopic (exact) mass is 626 g/mol. The summed E-state index contributed by atoms with van der Waals surface area (Å²) in [7, 11) is -3.92. The van der Waals surface area contributed by atoms with Crippen molar-refractivity contribution < 1.29 is 22.7 Å². The first kappa shape index (κ1) is 30.1. The molecule has 0 bridgehead atoms. The molecule has 6 rings (SSSR count). The molecule has 2 fully saturated rings. The summed E-state index contributed by atoms with van der Waals surface area (Å²) in [5.41, 5.74) is 2.16. The summed E-state index contributed by atoms with van der Waals surface area (Å²) in [6, 6.07) is 4.02. The lowest BCUT2D eigenvalue weighted by molar-refractivity contribution is -0.131. The molecule has 1 saturated carbocycles. The molecule has 2 aromatic rings. The number of ether oxygens (including phenoxy) is 1. The molecule has 230 valence electrons. The molecule has 6 atom stereocenters. The summed E-state index contributed by atoms with van der Waals surface area (Å²) in [6.45, 7) is 10.6. The number of rotatable bonds is 4. The second kappa shape index (κ2) is 10.9. The van der Waals surface area contributed by atoms with E-state index in [0.29, 0.717) is 31.0 Å². The second-order valence-corrected chi connectivity index (χ2v) is 15.5. The highest BCUT2D eigenvalue weighted by atomic mass is 35.5. The van der Waals surface area contributed by atoms with Gasteiger partial charge in [0, 0.05) is 34.9 Å². The molecule has 0 radical (unpaired) electrons. The van der Waals surface area contributed by atoms with E-state index in [1.807, 2.05) is 44.2 Å². The Labute approximate surface area is 258 Å². The number of aromatic nitrogens is 1. The number of carbonyl (C=O) groups excluding carboxylic acids is 2. The van der Waals surface area contributed by atoms with Gasteiger partial charge in [0.25, 0.3) is 5.91 Å². The first-order chi connectivity index (χ1) is 20.4. The number of sulfonamides is 1. The quantitative estimate of drug-likeness (QED) is 0.488. The fourth-order valence-electron chi connectivity index (χ4n) is 7.01. The van der Waals surface area contributed by atoms with E-state index in [2.05, 4.69) is 21.5 Å². The van der Waals surface area contributed by atoms with Crippen LogP contribution < -0.4 is 14.8 Å². The normalized spacial score (nSPS) is 33.4. The molecular formula is C32H39ClN4O5S. The number of aryl methyl sites for hydroxylation is 2. The molecule has 4 heterocycles. The number of fused-ring (bicyclic) bond motifs is 4. The Balaban J connectivity index is 1.27. The molecule has 1 spiro atoms. The summed E-state index contributed by atoms with van der Waals surface area (Å²) in [5, 5.41) is 4.54. The highest BCUT2D eigenvalue weighted by Gasteiger charge is 2.58. The number of allylic oxidation sites excluding steroid dienone is 1. The van der Waals surface area contributed by atoms with Crippen LogP contribution in [-0.2, 0) is 26.0 Å². The SMILES string of the molecule is C=C[C@H]1/C=C\CCCN2C[C@@]3(CCc4c(c(C)nc5ccc(Cl)cc45)O3)C[C@H]2C(=O)NC1C(=O)NS(=O)(=O)C1(C)C[C@H]1C. The lowest BCUT2D eigenvalue weighted by Gasteiger charge is -2.36. The highest BCUT2D eigenvalue weighted by molar-refractivity contribution is 7.91. The van der Waals surface area contributed by atoms with Crippen LogP contribution in [0.5, 0.6) is 5.75 Å². The summed E-state index contributed by atoms with van der Waals surface area (Å²) in [6.07, 6.45) is 9.36. The molecule has 43 heavy (non-hydrogen) atoms. The van der Waals surface area contributed by atoms with Crippen LogP contribution in [0.25, 0.3) is 10.9 Å². The molecule has 1 saturated heterocycles. The second-order valence-electron chi connectivity index (χ2n) is 12.9. The minimum absolute atomic E-state index is 0.0484. The Morgan fingerprint density at radius 1 is 1.33 bits per heavy atom. The molecule has 1 aromatic heterocycles. The first-order valence-corrected chi connectivity index (χ1v) is 16.9. The van der Waals surface area contributed by atoms with E-state index in [1.165, 1.54) is 0 Å². The maximum Gasteiger partial charge on any atom is 0.256 e. The fourth-order valence-corrected chi connectivity index (χ4v) is 8.81. The minimum Gasteiger partial charge on any atom is -0.484 e. The molecule has 2 unspecified atom stereocenters. The zero-order valence-electron chi connectivity index (χ0n) is 24.9. The number of hydrogen-bond acceptors (Lipinski definition) is 7. The Bertz CT molecular complexity index is 1640. The molecule has 3 aliphatic heterocycles. The van der Waals surface area contributed by atoms with E-state index in [4.69, 9.17) is 21.3 Å². The third-order valence-electron chi connectivity index (χ3n) is 9.98. The molecule has 2 amide bonds. The molecule has 4 aliphatic rings. The van der Waals surface area contributed by atoms with Crippen molar-refractivity contribution in [1.82, 2.24) is 19.9 Å². The maximum atomic E-state index is 14.0. The van der Waals surface area contributed by atoms with Gasteiger partial charge in [-0.3, -0.25) is 19.2 Å². The van der Waals surface area contributed by atoms with Gasteiger partial charge in [-0.15, -0.1) is 6.58 Å². The van der Waals surface area contributed by atoms with E-state index in [-0.39, 0.29) is 11.8 Å². The van der Waals surface area contributed by atoms with Crippen LogP contribution in [0, 0.1) is 18.8 Å². The molecule has 2 N–H and O–H groups in total. The molecule has 1 aliphatic carbocycles. The lowest BCUT2D eigenvalue weighted by Crippen LogP contribution is -2.56. The zero-order valence-corrected chi connectivity index (χ0v) is 26.4. The summed E-state index contributed by atoms with van der Waals surface area (Å²) in [4.78, 5) is 34.4. The number of nitrogens with one attached hydrogen (secondary N) is 2. The van der Waals surface area contributed by atoms with Gasteiger partial charge in [-0.1, -0.05) is 36.8 Å². The third-order valence-corrected chi connectivity index (χ3v) is 12.5. The Morgan fingerprint density at radius 2 is 2.09 bits per heavy atom. The van der Waals surface area contributed by atoms with Gasteiger partial charge in [0.1, 0.15) is 17.4 Å². The Morgan fingerprint density at radius 3 is 2.81 bits per heavy atom. The van der Waals surface area contributed by atoms with E-state index in [0.717, 1.165) is 53.6 Å². The minimum atomic E-state index is -3.92. The van der Waals surface area contributed by atoms with Crippen molar-refractivity contribution in [2.24, 2.45) is 11.8 Å². The summed E-state index contributed by atoms with van der Waals surface area (Å²) < 4.78 is 34.2. The van der Waals surface area contributed by atoms with Gasteiger partial charge in [-0.05, 0) is 76.6 Å². The number of benzene rings is 1. The van der Waals surface area contributed by atoms with Crippen LogP contribution in [0.4, 0.5) is 0 Å². The topological polar surface area (TPSA) is 118 Å². The van der Waals surface area contributed by atoms with Crippen LogP contribution >= 0.6 is 11.6 Å². The van der Waals surface area contributed by atoms with Gasteiger partial charge in [0.05, 0.1) is 22.0 Å². The third kappa shape index (κ3) is 5.36. The number of nitrogens with zero attached hydrogens (tertiary/aromatic N) is 2. The van der Waals surface area contributed by atoms with Gasteiger partial charge in [0.15, 0.2) is 0 Å². The number of amides is 2. The predicted octanol–water partition coefficient (Wildman–Crippen LogP) is 4.22. The van der Waals surface area contributed by atoms with Crippen molar-refractivity contribution in [3.63, 3.8) is 0 Å². The van der Waals surface area contributed by atoms with Gasteiger partial charge in [-0.2, -0.15) is 0 Å². The number of pyridine rings is 1. The van der Waals surface area contributed by atoms with Gasteiger partial charge < -0.3 is 10.1 Å². The Kier molecular flexibility index (Phi) is 7.62. The molecule has 11 heteroatoms. The number of carbonyl (C=O) groups is 2. The molecule has 9 nitrogen and oxygen atoms in total. The predicted molar refractivity (Wildman–Crippen MR) is 166 cm³/mol. The zero-order chi connectivity index (χ0) is 30.7. The smallest absolute Gasteiger partial charge is 0.256 e. The van der Waals surface area contributed by atoms with Crippen molar-refractivity contribution in [2.45, 2.75) is 81.7 Å². The average molecular weight is 627 g/mol. The van der Waals surface area contributed by atoms with E-state index >= 15 is 0 Å². The average Bonchev–Trinajstić information content (AvgIpc) is 3.45. The summed E-state index contributed by atoms with van der Waals surface area (Å²) in [5.74, 6) is -0.943. The van der Waals surface area contributed by atoms with Crippen LogP contribution in [0.2, 0.25) is 5.02 Å². The number of halogens is 1. The maximum absolute atomic E-state index is 14.0. The lowest BCUT2D eigenvalue weighted by atomic mass is 9.87. The van der Waals surface area contributed by atoms with Crippen molar-refractivity contribution in [2.75, 3.05) is 13.1 Å². The summed E-state index contributed by atoms with van der Waals surface area (Å²) >= 11 is 6.32. The van der Waals surface area contributed by atoms with Crippen molar-refractivity contribution in [3.05, 3.63) is 59.3 Å².